The monoisotopic (exact) mass is 444 g/mol. The summed E-state index contributed by atoms with van der Waals surface area (Å²) in [5.74, 6) is 0.0458. The van der Waals surface area contributed by atoms with Crippen molar-refractivity contribution in [1.82, 2.24) is 10.9 Å². The van der Waals surface area contributed by atoms with Crippen LogP contribution in [0.3, 0.4) is 0 Å². The van der Waals surface area contributed by atoms with Gasteiger partial charge in [0.2, 0.25) is 0 Å². The summed E-state index contributed by atoms with van der Waals surface area (Å²) < 4.78 is 11.1. The number of carbonyl (C=O) groups is 2. The summed E-state index contributed by atoms with van der Waals surface area (Å²) in [7, 11) is 0. The fraction of sp³-hybridized carbons (Fsp3) is 0.0909. The Kier molecular flexibility index (Phi) is 7.54. The molecule has 0 aromatic heterocycles. The minimum absolute atomic E-state index is 0.150. The molecule has 2 N–H and O–H groups in total. The van der Waals surface area contributed by atoms with Crippen molar-refractivity contribution >= 4 is 35.0 Å². The molecule has 0 spiro atoms. The van der Waals surface area contributed by atoms with Crippen molar-refractivity contribution in [2.24, 2.45) is 0 Å². The molecule has 0 saturated heterocycles. The molecular weight excluding hydrogens is 427 g/mol. The van der Waals surface area contributed by atoms with Gasteiger partial charge >= 0.3 is 0 Å². The number of benzene rings is 3. The number of halogens is 2. The molecule has 8 heteroatoms. The minimum atomic E-state index is -0.587. The second kappa shape index (κ2) is 10.5. The molecule has 3 aromatic rings. The topological polar surface area (TPSA) is 76.7 Å². The van der Waals surface area contributed by atoms with Gasteiger partial charge in [-0.15, -0.1) is 0 Å². The van der Waals surface area contributed by atoms with Crippen LogP contribution in [0.25, 0.3) is 0 Å². The number of rotatable bonds is 7. The van der Waals surface area contributed by atoms with Gasteiger partial charge < -0.3 is 9.47 Å². The molecule has 0 unspecified atom stereocenters. The molecule has 0 aliphatic heterocycles. The second-order valence-electron chi connectivity index (χ2n) is 6.16. The van der Waals surface area contributed by atoms with E-state index < -0.39 is 11.8 Å². The van der Waals surface area contributed by atoms with Gasteiger partial charge in [-0.05, 0) is 48.0 Å². The first-order chi connectivity index (χ1) is 14.5. The molecule has 0 aliphatic rings. The predicted octanol–water partition coefficient (Wildman–Crippen LogP) is 4.41. The lowest BCUT2D eigenvalue weighted by molar-refractivity contribution is -0.123. The van der Waals surface area contributed by atoms with Crippen LogP contribution >= 0.6 is 23.2 Å². The van der Waals surface area contributed by atoms with Crippen molar-refractivity contribution in [3.05, 3.63) is 94.0 Å². The van der Waals surface area contributed by atoms with Crippen LogP contribution in [0.5, 0.6) is 11.5 Å². The minimum Gasteiger partial charge on any atom is -0.489 e. The number of hydrazine groups is 1. The van der Waals surface area contributed by atoms with Crippen LogP contribution in [0.2, 0.25) is 10.0 Å². The first-order valence-corrected chi connectivity index (χ1v) is 9.70. The normalized spacial score (nSPS) is 10.2. The number of carbonyl (C=O) groups excluding carboxylic acids is 2. The van der Waals surface area contributed by atoms with E-state index in [1.165, 1.54) is 12.1 Å². The van der Waals surface area contributed by atoms with Crippen LogP contribution in [0.4, 0.5) is 0 Å². The van der Waals surface area contributed by atoms with Gasteiger partial charge in [0.15, 0.2) is 6.61 Å². The Morgan fingerprint density at radius 1 is 0.800 bits per heavy atom. The Hall–Kier alpha value is -3.22. The van der Waals surface area contributed by atoms with Gasteiger partial charge in [-0.1, -0.05) is 53.5 Å². The molecule has 0 bridgehead atoms. The number of hydrogen-bond acceptors (Lipinski definition) is 4. The molecule has 0 fully saturated rings. The van der Waals surface area contributed by atoms with Crippen molar-refractivity contribution in [2.75, 3.05) is 6.61 Å². The van der Waals surface area contributed by atoms with E-state index in [9.17, 15) is 9.59 Å². The van der Waals surface area contributed by atoms with Crippen molar-refractivity contribution in [3.63, 3.8) is 0 Å². The van der Waals surface area contributed by atoms with Gasteiger partial charge in [0.25, 0.3) is 11.8 Å². The Bertz CT molecular complexity index is 1010. The third-order valence-corrected chi connectivity index (χ3v) is 4.50. The molecule has 154 valence electrons. The van der Waals surface area contributed by atoms with Crippen molar-refractivity contribution in [3.8, 4) is 11.5 Å². The molecule has 0 aliphatic carbocycles. The summed E-state index contributed by atoms with van der Waals surface area (Å²) in [6.45, 7) is 0.174. The van der Waals surface area contributed by atoms with Crippen molar-refractivity contribution in [1.29, 1.82) is 0 Å². The van der Waals surface area contributed by atoms with Crippen LogP contribution in [-0.4, -0.2) is 18.4 Å². The molecule has 3 rings (SSSR count). The highest BCUT2D eigenvalue weighted by atomic mass is 35.5. The quantitative estimate of drug-likeness (QED) is 0.529. The Morgan fingerprint density at radius 3 is 2.17 bits per heavy atom. The van der Waals surface area contributed by atoms with E-state index in [0.717, 1.165) is 5.56 Å². The molecule has 3 aromatic carbocycles. The zero-order valence-corrected chi connectivity index (χ0v) is 17.2. The summed E-state index contributed by atoms with van der Waals surface area (Å²) in [4.78, 5) is 24.0. The zero-order chi connectivity index (χ0) is 21.3. The number of nitrogens with one attached hydrogen (secondary N) is 2. The second-order valence-corrected chi connectivity index (χ2v) is 7.00. The summed E-state index contributed by atoms with van der Waals surface area (Å²) in [6.07, 6.45) is 0. The van der Waals surface area contributed by atoms with Crippen LogP contribution in [0.1, 0.15) is 15.9 Å². The summed E-state index contributed by atoms with van der Waals surface area (Å²) in [5.41, 5.74) is 5.74. The maximum atomic E-state index is 12.1. The third kappa shape index (κ3) is 6.40. The SMILES string of the molecule is O=C(COc1ccc(OCc2ccccc2)cc1)NNC(=O)c1cc(Cl)ccc1Cl. The van der Waals surface area contributed by atoms with Crippen LogP contribution in [-0.2, 0) is 11.4 Å². The first kappa shape index (κ1) is 21.5. The molecule has 0 radical (unpaired) electrons. The molecule has 6 nitrogen and oxygen atoms in total. The van der Waals surface area contributed by atoms with E-state index in [1.54, 1.807) is 30.3 Å². The van der Waals surface area contributed by atoms with Gasteiger partial charge in [0.1, 0.15) is 18.1 Å². The Morgan fingerprint density at radius 2 is 1.47 bits per heavy atom. The molecular formula is C22H18Cl2N2O4. The Labute approximate surface area is 183 Å². The van der Waals surface area contributed by atoms with E-state index in [-0.39, 0.29) is 17.2 Å². The van der Waals surface area contributed by atoms with Gasteiger partial charge in [-0.2, -0.15) is 0 Å². The number of hydrogen-bond donors (Lipinski definition) is 2. The smallest absolute Gasteiger partial charge is 0.276 e. The fourth-order valence-corrected chi connectivity index (χ4v) is 2.80. The van der Waals surface area contributed by atoms with Gasteiger partial charge in [-0.3, -0.25) is 20.4 Å². The van der Waals surface area contributed by atoms with Crippen LogP contribution < -0.4 is 20.3 Å². The lowest BCUT2D eigenvalue weighted by Gasteiger charge is -2.10. The van der Waals surface area contributed by atoms with E-state index >= 15 is 0 Å². The number of ether oxygens (including phenoxy) is 2. The van der Waals surface area contributed by atoms with Gasteiger partial charge in [-0.25, -0.2) is 0 Å². The molecule has 2 amide bonds. The van der Waals surface area contributed by atoms with E-state index in [2.05, 4.69) is 10.9 Å². The maximum absolute atomic E-state index is 12.1. The van der Waals surface area contributed by atoms with Crippen molar-refractivity contribution in [2.45, 2.75) is 6.61 Å². The lowest BCUT2D eigenvalue weighted by atomic mass is 10.2. The maximum Gasteiger partial charge on any atom is 0.276 e. The summed E-state index contributed by atoms with van der Waals surface area (Å²) in [6, 6.07) is 21.2. The predicted molar refractivity (Wildman–Crippen MR) is 115 cm³/mol. The van der Waals surface area contributed by atoms with Gasteiger partial charge in [0, 0.05) is 5.02 Å². The highest BCUT2D eigenvalue weighted by molar-refractivity contribution is 6.35. The Balaban J connectivity index is 1.42. The van der Waals surface area contributed by atoms with Crippen LogP contribution in [0, 0.1) is 0 Å². The molecule has 30 heavy (non-hydrogen) atoms. The average Bonchev–Trinajstić information content (AvgIpc) is 2.77. The van der Waals surface area contributed by atoms with Crippen LogP contribution in [0.15, 0.2) is 72.8 Å². The number of amides is 2. The van der Waals surface area contributed by atoms with E-state index in [4.69, 9.17) is 32.7 Å². The lowest BCUT2D eigenvalue weighted by Crippen LogP contribution is -2.43. The first-order valence-electron chi connectivity index (χ1n) is 8.95. The molecule has 0 heterocycles. The van der Waals surface area contributed by atoms with Gasteiger partial charge in [0.05, 0.1) is 10.6 Å². The zero-order valence-electron chi connectivity index (χ0n) is 15.7. The highest BCUT2D eigenvalue weighted by Crippen LogP contribution is 2.20. The summed E-state index contributed by atoms with van der Waals surface area (Å²) in [5, 5.41) is 0.576. The summed E-state index contributed by atoms with van der Waals surface area (Å²) >= 11 is 11.8. The third-order valence-electron chi connectivity index (χ3n) is 3.93. The van der Waals surface area contributed by atoms with Crippen molar-refractivity contribution < 1.29 is 19.1 Å². The van der Waals surface area contributed by atoms with E-state index in [0.29, 0.717) is 23.1 Å². The molecule has 0 saturated carbocycles. The largest absolute Gasteiger partial charge is 0.489 e. The molecule has 0 atom stereocenters. The highest BCUT2D eigenvalue weighted by Gasteiger charge is 2.12. The average molecular weight is 445 g/mol. The fourth-order valence-electron chi connectivity index (χ4n) is 2.42. The van der Waals surface area contributed by atoms with E-state index in [1.807, 2.05) is 30.3 Å². The standard InChI is InChI=1S/C22H18Cl2N2O4/c23-16-6-11-20(24)19(12-16)22(28)26-25-21(27)14-30-18-9-7-17(8-10-18)29-13-15-4-2-1-3-5-15/h1-12H,13-14H2,(H,25,27)(H,26,28).